The number of hydrogen-bond acceptors (Lipinski definition) is 5. The van der Waals surface area contributed by atoms with Gasteiger partial charge in [0.1, 0.15) is 0 Å². The first-order chi connectivity index (χ1) is 11.8. The first-order valence-corrected chi connectivity index (χ1v) is 9.01. The summed E-state index contributed by atoms with van der Waals surface area (Å²) in [5.74, 6) is 0. The molecule has 0 saturated carbocycles. The van der Waals surface area contributed by atoms with E-state index in [0.29, 0.717) is 5.56 Å². The molecule has 2 aromatic carbocycles. The molecular formula is C19H12N2OS2. The van der Waals surface area contributed by atoms with Gasteiger partial charge in [-0.1, -0.05) is 24.3 Å². The predicted molar refractivity (Wildman–Crippen MR) is 99.5 cm³/mol. The van der Waals surface area contributed by atoms with Gasteiger partial charge in [-0.2, -0.15) is 0 Å². The molecule has 0 spiro atoms. The van der Waals surface area contributed by atoms with Gasteiger partial charge in [0.15, 0.2) is 4.34 Å². The maximum atomic E-state index is 12.5. The fourth-order valence-electron chi connectivity index (χ4n) is 2.38. The summed E-state index contributed by atoms with van der Waals surface area (Å²) in [7, 11) is 0. The average molecular weight is 348 g/mol. The van der Waals surface area contributed by atoms with Crippen LogP contribution in [0.15, 0.2) is 77.4 Å². The van der Waals surface area contributed by atoms with Crippen molar-refractivity contribution in [1.82, 2.24) is 9.97 Å². The van der Waals surface area contributed by atoms with Gasteiger partial charge in [0.2, 0.25) is 5.12 Å². The Kier molecular flexibility index (Phi) is 4.11. The highest BCUT2D eigenvalue weighted by molar-refractivity contribution is 8.15. The number of fused-ring (bicyclic) bond motifs is 1. The van der Waals surface area contributed by atoms with Gasteiger partial charge in [-0.05, 0) is 59.3 Å². The zero-order chi connectivity index (χ0) is 16.4. The van der Waals surface area contributed by atoms with Crippen LogP contribution in [0.3, 0.4) is 0 Å². The lowest BCUT2D eigenvalue weighted by molar-refractivity contribution is 0.108. The Labute approximate surface area is 147 Å². The minimum absolute atomic E-state index is 0.00957. The monoisotopic (exact) mass is 348 g/mol. The number of carbonyl (C=O) groups excluding carboxylic acids is 1. The molecule has 0 aliphatic heterocycles. The van der Waals surface area contributed by atoms with Crippen molar-refractivity contribution in [2.24, 2.45) is 0 Å². The molecule has 0 saturated heterocycles. The van der Waals surface area contributed by atoms with Crippen LogP contribution in [0.1, 0.15) is 10.4 Å². The van der Waals surface area contributed by atoms with Crippen LogP contribution in [0, 0.1) is 0 Å². The number of nitrogens with zero attached hydrogens (tertiary/aromatic N) is 2. The van der Waals surface area contributed by atoms with Crippen molar-refractivity contribution in [2.75, 3.05) is 0 Å². The lowest BCUT2D eigenvalue weighted by Gasteiger charge is -2.02. The molecule has 0 radical (unpaired) electrons. The number of aromatic nitrogens is 2. The Morgan fingerprint density at radius 3 is 2.33 bits per heavy atom. The lowest BCUT2D eigenvalue weighted by Crippen LogP contribution is -1.92. The number of para-hydroxylation sites is 1. The van der Waals surface area contributed by atoms with Crippen LogP contribution in [0.5, 0.6) is 0 Å². The van der Waals surface area contributed by atoms with Crippen LogP contribution in [-0.4, -0.2) is 15.1 Å². The fourth-order valence-corrected chi connectivity index (χ4v) is 4.29. The highest BCUT2D eigenvalue weighted by Gasteiger charge is 2.12. The van der Waals surface area contributed by atoms with Crippen molar-refractivity contribution in [1.29, 1.82) is 0 Å². The van der Waals surface area contributed by atoms with Gasteiger partial charge < -0.3 is 0 Å². The second-order valence-electron chi connectivity index (χ2n) is 5.15. The van der Waals surface area contributed by atoms with Crippen LogP contribution in [-0.2, 0) is 0 Å². The van der Waals surface area contributed by atoms with E-state index in [9.17, 15) is 4.79 Å². The van der Waals surface area contributed by atoms with Gasteiger partial charge in [-0.15, -0.1) is 11.3 Å². The third kappa shape index (κ3) is 3.09. The van der Waals surface area contributed by atoms with Gasteiger partial charge in [-0.3, -0.25) is 9.78 Å². The fraction of sp³-hybridized carbons (Fsp3) is 0. The molecule has 0 N–H and O–H groups in total. The summed E-state index contributed by atoms with van der Waals surface area (Å²) in [6, 6.07) is 19.5. The quantitative estimate of drug-likeness (QED) is 0.472. The van der Waals surface area contributed by atoms with Gasteiger partial charge in [0.05, 0.1) is 10.2 Å². The summed E-state index contributed by atoms with van der Waals surface area (Å²) in [5, 5.41) is 0.00957. The van der Waals surface area contributed by atoms with Gasteiger partial charge in [0.25, 0.3) is 0 Å². The second kappa shape index (κ2) is 6.55. The molecule has 0 aliphatic rings. The van der Waals surface area contributed by atoms with E-state index in [-0.39, 0.29) is 5.12 Å². The Bertz CT molecular complexity index is 962. The maximum Gasteiger partial charge on any atom is 0.226 e. The van der Waals surface area contributed by atoms with Gasteiger partial charge in [-0.25, -0.2) is 4.98 Å². The molecule has 116 valence electrons. The van der Waals surface area contributed by atoms with E-state index in [2.05, 4.69) is 9.97 Å². The number of thioether (sulfide) groups is 1. The van der Waals surface area contributed by atoms with E-state index in [0.717, 1.165) is 25.7 Å². The summed E-state index contributed by atoms with van der Waals surface area (Å²) < 4.78 is 1.88. The Balaban J connectivity index is 1.54. The maximum absolute atomic E-state index is 12.5. The molecule has 0 aliphatic carbocycles. The van der Waals surface area contributed by atoms with Crippen molar-refractivity contribution in [3.63, 3.8) is 0 Å². The molecule has 3 nitrogen and oxygen atoms in total. The van der Waals surface area contributed by atoms with Gasteiger partial charge in [0, 0.05) is 18.0 Å². The molecule has 2 heterocycles. The normalized spacial score (nSPS) is 10.8. The highest BCUT2D eigenvalue weighted by atomic mass is 32.2. The van der Waals surface area contributed by atoms with E-state index >= 15 is 0 Å². The Hall–Kier alpha value is -2.50. The largest absolute Gasteiger partial charge is 0.281 e. The number of pyridine rings is 1. The summed E-state index contributed by atoms with van der Waals surface area (Å²) in [4.78, 5) is 21.0. The molecule has 0 atom stereocenters. The van der Waals surface area contributed by atoms with E-state index in [1.165, 1.54) is 11.8 Å². The topological polar surface area (TPSA) is 42.9 Å². The average Bonchev–Trinajstić information content (AvgIpc) is 3.05. The summed E-state index contributed by atoms with van der Waals surface area (Å²) >= 11 is 2.73. The summed E-state index contributed by atoms with van der Waals surface area (Å²) in [6.07, 6.45) is 3.52. The molecule has 24 heavy (non-hydrogen) atoms. The molecule has 5 heteroatoms. The van der Waals surface area contributed by atoms with Crippen LogP contribution in [0.25, 0.3) is 21.3 Å². The molecule has 0 fully saturated rings. The zero-order valence-electron chi connectivity index (χ0n) is 12.5. The summed E-state index contributed by atoms with van der Waals surface area (Å²) in [6.45, 7) is 0. The van der Waals surface area contributed by atoms with Crippen molar-refractivity contribution in [3.8, 4) is 11.1 Å². The van der Waals surface area contributed by atoms with Gasteiger partial charge >= 0.3 is 0 Å². The van der Waals surface area contributed by atoms with Crippen LogP contribution in [0.2, 0.25) is 0 Å². The van der Waals surface area contributed by atoms with E-state index in [4.69, 9.17) is 0 Å². The number of benzene rings is 2. The molecule has 2 aromatic heterocycles. The van der Waals surface area contributed by atoms with Crippen LogP contribution < -0.4 is 0 Å². The smallest absolute Gasteiger partial charge is 0.226 e. The number of carbonyl (C=O) groups is 1. The first kappa shape index (κ1) is 15.1. The van der Waals surface area contributed by atoms with Crippen molar-refractivity contribution in [3.05, 3.63) is 78.6 Å². The molecular weight excluding hydrogens is 336 g/mol. The molecule has 4 rings (SSSR count). The van der Waals surface area contributed by atoms with E-state index < -0.39 is 0 Å². The third-order valence-electron chi connectivity index (χ3n) is 3.59. The van der Waals surface area contributed by atoms with Crippen molar-refractivity contribution >= 4 is 38.4 Å². The van der Waals surface area contributed by atoms with E-state index in [1.54, 1.807) is 23.7 Å². The minimum Gasteiger partial charge on any atom is -0.281 e. The zero-order valence-corrected chi connectivity index (χ0v) is 14.2. The molecule has 0 unspecified atom stereocenters. The Morgan fingerprint density at radius 1 is 0.875 bits per heavy atom. The third-order valence-corrected chi connectivity index (χ3v) is 5.61. The van der Waals surface area contributed by atoms with Crippen molar-refractivity contribution in [2.45, 2.75) is 4.34 Å². The highest BCUT2D eigenvalue weighted by Crippen LogP contribution is 2.31. The van der Waals surface area contributed by atoms with E-state index in [1.807, 2.05) is 60.7 Å². The summed E-state index contributed by atoms with van der Waals surface area (Å²) in [5.41, 5.74) is 3.77. The molecule has 0 amide bonds. The second-order valence-corrected chi connectivity index (χ2v) is 7.40. The molecule has 4 aromatic rings. The van der Waals surface area contributed by atoms with Crippen LogP contribution >= 0.6 is 23.1 Å². The predicted octanol–water partition coefficient (Wildman–Crippen LogP) is 5.29. The first-order valence-electron chi connectivity index (χ1n) is 7.38. The number of rotatable bonds is 3. The minimum atomic E-state index is 0.00957. The van der Waals surface area contributed by atoms with Crippen molar-refractivity contribution < 1.29 is 4.79 Å². The Morgan fingerprint density at radius 2 is 1.58 bits per heavy atom. The van der Waals surface area contributed by atoms with Crippen LogP contribution in [0.4, 0.5) is 0 Å². The SMILES string of the molecule is O=C(Sc1nc2ccccc2s1)c1ccc(-c2ccncc2)cc1. The lowest BCUT2D eigenvalue weighted by atomic mass is 10.1. The standard InChI is InChI=1S/C19H12N2OS2/c22-18(24-19-21-16-3-1-2-4-17(16)23-19)15-7-5-13(6-8-15)14-9-11-20-12-10-14/h1-12H. The number of thiazole rings is 1. The molecule has 0 bridgehead atoms. The number of hydrogen-bond donors (Lipinski definition) is 0.